The second-order valence-corrected chi connectivity index (χ2v) is 8.59. The van der Waals surface area contributed by atoms with Gasteiger partial charge in [0.15, 0.2) is 0 Å². The zero-order valence-electron chi connectivity index (χ0n) is 17.6. The molecule has 1 aliphatic heterocycles. The van der Waals surface area contributed by atoms with Crippen molar-refractivity contribution in [3.05, 3.63) is 72.4 Å². The lowest BCUT2D eigenvalue weighted by molar-refractivity contribution is -0.134. The van der Waals surface area contributed by atoms with Crippen molar-refractivity contribution in [2.45, 2.75) is 44.7 Å². The Hall–Kier alpha value is -3.41. The Labute approximate surface area is 181 Å². The van der Waals surface area contributed by atoms with Crippen LogP contribution in [0.2, 0.25) is 0 Å². The molecule has 2 heterocycles. The zero-order valence-corrected chi connectivity index (χ0v) is 17.6. The number of hydrogen-bond acceptors (Lipinski definition) is 3. The number of hydrogen-bond donors (Lipinski definition) is 1. The maximum absolute atomic E-state index is 13.4. The SMILES string of the molecule is C[C@@H]1CCCC[C@@]12NC(=O)N(Cc1cn(-c3ccccc3)nc1-c1ccccc1)C2=O. The molecule has 1 spiro atoms. The Morgan fingerprint density at radius 2 is 1.74 bits per heavy atom. The van der Waals surface area contributed by atoms with Crippen LogP contribution in [0.3, 0.4) is 0 Å². The lowest BCUT2D eigenvalue weighted by atomic mass is 9.73. The monoisotopic (exact) mass is 414 g/mol. The summed E-state index contributed by atoms with van der Waals surface area (Å²) < 4.78 is 1.81. The van der Waals surface area contributed by atoms with E-state index in [1.807, 2.05) is 71.5 Å². The first-order valence-corrected chi connectivity index (χ1v) is 10.9. The fourth-order valence-electron chi connectivity index (χ4n) is 4.89. The van der Waals surface area contributed by atoms with E-state index in [-0.39, 0.29) is 24.4 Å². The minimum atomic E-state index is -0.752. The van der Waals surface area contributed by atoms with Gasteiger partial charge in [0.1, 0.15) is 5.54 Å². The highest BCUT2D eigenvalue weighted by Crippen LogP contribution is 2.39. The third-order valence-corrected chi connectivity index (χ3v) is 6.69. The van der Waals surface area contributed by atoms with Gasteiger partial charge >= 0.3 is 6.03 Å². The van der Waals surface area contributed by atoms with Gasteiger partial charge in [-0.15, -0.1) is 0 Å². The molecule has 2 aromatic carbocycles. The number of carbonyl (C=O) groups is 2. The molecule has 6 nitrogen and oxygen atoms in total. The molecule has 1 aromatic heterocycles. The van der Waals surface area contributed by atoms with Crippen LogP contribution in [0.4, 0.5) is 4.79 Å². The van der Waals surface area contributed by atoms with E-state index >= 15 is 0 Å². The summed E-state index contributed by atoms with van der Waals surface area (Å²) in [5, 5.41) is 7.86. The van der Waals surface area contributed by atoms with Gasteiger partial charge in [-0.3, -0.25) is 9.69 Å². The van der Waals surface area contributed by atoms with Crippen LogP contribution in [-0.2, 0) is 11.3 Å². The predicted octanol–water partition coefficient (Wildman–Crippen LogP) is 4.54. The Bertz CT molecular complexity index is 1110. The smallest absolute Gasteiger partial charge is 0.323 e. The van der Waals surface area contributed by atoms with Crippen molar-refractivity contribution in [2.75, 3.05) is 0 Å². The molecule has 31 heavy (non-hydrogen) atoms. The summed E-state index contributed by atoms with van der Waals surface area (Å²) in [6.45, 7) is 2.28. The van der Waals surface area contributed by atoms with Crippen molar-refractivity contribution in [1.82, 2.24) is 20.0 Å². The summed E-state index contributed by atoms with van der Waals surface area (Å²) in [5.41, 5.74) is 2.76. The lowest BCUT2D eigenvalue weighted by Gasteiger charge is -2.36. The molecule has 0 radical (unpaired) electrons. The molecular weight excluding hydrogens is 388 g/mol. The van der Waals surface area contributed by atoms with E-state index in [2.05, 4.69) is 12.2 Å². The fourth-order valence-corrected chi connectivity index (χ4v) is 4.89. The second kappa shape index (κ2) is 7.69. The molecule has 1 saturated carbocycles. The molecule has 6 heteroatoms. The number of rotatable bonds is 4. The second-order valence-electron chi connectivity index (χ2n) is 8.59. The van der Waals surface area contributed by atoms with E-state index in [0.29, 0.717) is 6.42 Å². The molecule has 5 rings (SSSR count). The molecule has 2 atom stereocenters. The van der Waals surface area contributed by atoms with Gasteiger partial charge in [0.25, 0.3) is 5.91 Å². The Morgan fingerprint density at radius 1 is 1.03 bits per heavy atom. The maximum Gasteiger partial charge on any atom is 0.325 e. The van der Waals surface area contributed by atoms with Crippen LogP contribution in [0.25, 0.3) is 16.9 Å². The summed E-state index contributed by atoms with van der Waals surface area (Å²) in [6.07, 6.45) is 5.66. The molecule has 0 bridgehead atoms. The molecule has 3 amide bonds. The van der Waals surface area contributed by atoms with Crippen molar-refractivity contribution in [3.63, 3.8) is 0 Å². The Balaban J connectivity index is 1.52. The third-order valence-electron chi connectivity index (χ3n) is 6.69. The fraction of sp³-hybridized carbons (Fsp3) is 0.320. The summed E-state index contributed by atoms with van der Waals surface area (Å²) in [5.74, 6) is 0.0412. The minimum absolute atomic E-state index is 0.101. The van der Waals surface area contributed by atoms with E-state index in [1.54, 1.807) is 0 Å². The third kappa shape index (κ3) is 3.32. The van der Waals surface area contributed by atoms with Gasteiger partial charge in [0.2, 0.25) is 0 Å². The van der Waals surface area contributed by atoms with Crippen LogP contribution >= 0.6 is 0 Å². The van der Waals surface area contributed by atoms with E-state index < -0.39 is 5.54 Å². The first kappa shape index (κ1) is 19.5. The molecule has 1 saturated heterocycles. The summed E-state index contributed by atoms with van der Waals surface area (Å²) >= 11 is 0. The molecule has 1 N–H and O–H groups in total. The number of benzene rings is 2. The number of nitrogens with zero attached hydrogens (tertiary/aromatic N) is 3. The summed E-state index contributed by atoms with van der Waals surface area (Å²) in [4.78, 5) is 27.7. The van der Waals surface area contributed by atoms with Crippen molar-refractivity contribution in [2.24, 2.45) is 5.92 Å². The number of para-hydroxylation sites is 1. The Kier molecular flexibility index (Phi) is 4.85. The number of imide groups is 1. The summed E-state index contributed by atoms with van der Waals surface area (Å²) in [7, 11) is 0. The number of urea groups is 1. The number of nitrogens with one attached hydrogen (secondary N) is 1. The first-order chi connectivity index (χ1) is 15.1. The molecule has 2 aliphatic rings. The largest absolute Gasteiger partial charge is 0.325 e. The molecule has 1 aliphatic carbocycles. The highest BCUT2D eigenvalue weighted by atomic mass is 16.2. The van der Waals surface area contributed by atoms with E-state index in [4.69, 9.17) is 5.10 Å². The maximum atomic E-state index is 13.4. The average molecular weight is 415 g/mol. The van der Waals surface area contributed by atoms with Gasteiger partial charge in [-0.05, 0) is 30.9 Å². The zero-order chi connectivity index (χ0) is 21.4. The number of aromatic nitrogens is 2. The molecule has 0 unspecified atom stereocenters. The van der Waals surface area contributed by atoms with Crippen LogP contribution in [0, 0.1) is 5.92 Å². The minimum Gasteiger partial charge on any atom is -0.323 e. The quantitative estimate of drug-likeness (QED) is 0.638. The normalized spacial score (nSPS) is 23.4. The number of amides is 3. The van der Waals surface area contributed by atoms with E-state index in [1.165, 1.54) is 4.90 Å². The number of carbonyl (C=O) groups excluding carboxylic acids is 2. The predicted molar refractivity (Wildman–Crippen MR) is 118 cm³/mol. The van der Waals surface area contributed by atoms with Crippen LogP contribution in [-0.4, -0.2) is 32.2 Å². The molecular formula is C25H26N4O2. The molecule has 3 aromatic rings. The van der Waals surface area contributed by atoms with Gasteiger partial charge in [-0.2, -0.15) is 5.10 Å². The van der Waals surface area contributed by atoms with Crippen LogP contribution in [0.15, 0.2) is 66.9 Å². The van der Waals surface area contributed by atoms with E-state index in [9.17, 15) is 9.59 Å². The van der Waals surface area contributed by atoms with Gasteiger partial charge in [-0.1, -0.05) is 68.3 Å². The Morgan fingerprint density at radius 3 is 2.45 bits per heavy atom. The van der Waals surface area contributed by atoms with Crippen LogP contribution in [0.1, 0.15) is 38.2 Å². The highest BCUT2D eigenvalue weighted by molar-refractivity contribution is 6.07. The highest BCUT2D eigenvalue weighted by Gasteiger charge is 2.54. The van der Waals surface area contributed by atoms with E-state index in [0.717, 1.165) is 41.8 Å². The van der Waals surface area contributed by atoms with Crippen molar-refractivity contribution >= 4 is 11.9 Å². The van der Waals surface area contributed by atoms with Gasteiger partial charge in [-0.25, -0.2) is 9.48 Å². The topological polar surface area (TPSA) is 67.2 Å². The average Bonchev–Trinajstić information content (AvgIpc) is 3.33. The van der Waals surface area contributed by atoms with Crippen molar-refractivity contribution in [3.8, 4) is 16.9 Å². The summed E-state index contributed by atoms with van der Waals surface area (Å²) in [6, 6.07) is 19.4. The lowest BCUT2D eigenvalue weighted by Crippen LogP contribution is -2.53. The molecule has 158 valence electrons. The first-order valence-electron chi connectivity index (χ1n) is 10.9. The van der Waals surface area contributed by atoms with Gasteiger partial charge < -0.3 is 5.32 Å². The standard InChI is InChI=1S/C25H26N4O2/c1-18-10-8-9-15-25(18)23(30)28(24(31)26-25)16-20-17-29(21-13-6-3-7-14-21)27-22(20)19-11-4-2-5-12-19/h2-7,11-14,17-18H,8-10,15-16H2,1H3,(H,26,31)/t18-,25-/m1/s1. The molecule has 2 fully saturated rings. The van der Waals surface area contributed by atoms with Crippen LogP contribution < -0.4 is 5.32 Å². The van der Waals surface area contributed by atoms with Crippen molar-refractivity contribution < 1.29 is 9.59 Å². The van der Waals surface area contributed by atoms with Crippen LogP contribution in [0.5, 0.6) is 0 Å². The van der Waals surface area contributed by atoms with Gasteiger partial charge in [0.05, 0.1) is 17.9 Å². The van der Waals surface area contributed by atoms with Gasteiger partial charge in [0, 0.05) is 17.3 Å². The van der Waals surface area contributed by atoms with Crippen molar-refractivity contribution in [1.29, 1.82) is 0 Å².